The minimum Gasteiger partial charge on any atom is -0.389 e. The smallest absolute Gasteiger partial charge is 0.0897 e. The Morgan fingerprint density at radius 3 is 2.38 bits per heavy atom. The highest BCUT2D eigenvalue weighted by molar-refractivity contribution is 4.66. The van der Waals surface area contributed by atoms with Gasteiger partial charge < -0.3 is 15.2 Å². The molecule has 0 heterocycles. The van der Waals surface area contributed by atoms with Gasteiger partial charge in [-0.1, -0.05) is 39.5 Å². The summed E-state index contributed by atoms with van der Waals surface area (Å²) in [6, 6.07) is 0.424. The maximum atomic E-state index is 9.71. The Balaban J connectivity index is 2.07. The van der Waals surface area contributed by atoms with Gasteiger partial charge in [-0.25, -0.2) is 0 Å². The number of hydrogen-bond donors (Lipinski definition) is 2. The summed E-state index contributed by atoms with van der Waals surface area (Å²) in [5.41, 5.74) is 0. The number of aliphatic hydroxyl groups excluding tert-OH is 1. The molecule has 0 aromatic carbocycles. The van der Waals surface area contributed by atoms with E-state index in [0.29, 0.717) is 25.3 Å². The molecule has 3 heteroatoms. The molecular formula is C13H27NO2. The van der Waals surface area contributed by atoms with Crippen molar-refractivity contribution in [2.24, 2.45) is 0 Å². The zero-order valence-corrected chi connectivity index (χ0v) is 10.7. The van der Waals surface area contributed by atoms with Crippen molar-refractivity contribution in [3.05, 3.63) is 0 Å². The number of aliphatic hydroxyl groups is 1. The molecule has 1 aliphatic rings. The van der Waals surface area contributed by atoms with E-state index in [4.69, 9.17) is 4.74 Å². The van der Waals surface area contributed by atoms with Crippen molar-refractivity contribution in [1.29, 1.82) is 0 Å². The van der Waals surface area contributed by atoms with E-state index in [1.165, 1.54) is 38.5 Å². The Labute approximate surface area is 99.6 Å². The number of nitrogens with one attached hydrogen (secondary N) is 1. The van der Waals surface area contributed by atoms with Gasteiger partial charge in [-0.15, -0.1) is 0 Å². The molecule has 0 spiro atoms. The van der Waals surface area contributed by atoms with Crippen LogP contribution in [0.25, 0.3) is 0 Å². The summed E-state index contributed by atoms with van der Waals surface area (Å²) >= 11 is 0. The fourth-order valence-corrected chi connectivity index (χ4v) is 2.09. The van der Waals surface area contributed by atoms with Crippen LogP contribution in [0.3, 0.4) is 0 Å². The molecule has 0 radical (unpaired) electrons. The first-order valence-corrected chi connectivity index (χ1v) is 6.71. The molecular weight excluding hydrogens is 202 g/mol. The molecule has 0 aromatic rings. The third kappa shape index (κ3) is 6.46. The van der Waals surface area contributed by atoms with Crippen molar-refractivity contribution in [3.63, 3.8) is 0 Å². The average molecular weight is 229 g/mol. The molecule has 1 atom stereocenters. The molecule has 0 amide bonds. The van der Waals surface area contributed by atoms with Gasteiger partial charge in [-0.05, 0) is 12.8 Å². The lowest BCUT2D eigenvalue weighted by Gasteiger charge is -2.19. The van der Waals surface area contributed by atoms with Gasteiger partial charge in [0.1, 0.15) is 0 Å². The average Bonchev–Trinajstić information content (AvgIpc) is 2.51. The van der Waals surface area contributed by atoms with Crippen LogP contribution < -0.4 is 5.32 Å². The van der Waals surface area contributed by atoms with Crippen LogP contribution in [0.5, 0.6) is 0 Å². The van der Waals surface area contributed by atoms with Crippen molar-refractivity contribution in [1.82, 2.24) is 5.32 Å². The van der Waals surface area contributed by atoms with Crippen LogP contribution >= 0.6 is 0 Å². The Hall–Kier alpha value is -0.120. The van der Waals surface area contributed by atoms with Crippen molar-refractivity contribution < 1.29 is 9.84 Å². The highest BCUT2D eigenvalue weighted by Crippen LogP contribution is 2.19. The Morgan fingerprint density at radius 2 is 1.81 bits per heavy atom. The SMILES string of the molecule is CC(C)NCC(O)COC1CCCCCC1. The van der Waals surface area contributed by atoms with E-state index in [9.17, 15) is 5.11 Å². The second-order valence-corrected chi connectivity index (χ2v) is 5.16. The predicted octanol–water partition coefficient (Wildman–Crippen LogP) is 2.08. The largest absolute Gasteiger partial charge is 0.389 e. The quantitative estimate of drug-likeness (QED) is 0.685. The van der Waals surface area contributed by atoms with Gasteiger partial charge in [0.25, 0.3) is 0 Å². The number of hydrogen-bond acceptors (Lipinski definition) is 3. The standard InChI is InChI=1S/C13H27NO2/c1-11(2)14-9-12(15)10-16-13-7-5-3-4-6-8-13/h11-15H,3-10H2,1-2H3. The predicted molar refractivity (Wildman–Crippen MR) is 66.6 cm³/mol. The summed E-state index contributed by atoms with van der Waals surface area (Å²) in [5, 5.41) is 12.9. The zero-order chi connectivity index (χ0) is 11.8. The maximum absolute atomic E-state index is 9.71. The third-order valence-corrected chi connectivity index (χ3v) is 3.09. The molecule has 0 aromatic heterocycles. The Kier molecular flexibility index (Phi) is 7.01. The first-order valence-electron chi connectivity index (χ1n) is 6.71. The minimum absolute atomic E-state index is 0.370. The van der Waals surface area contributed by atoms with E-state index < -0.39 is 0 Å². The molecule has 96 valence electrons. The fourth-order valence-electron chi connectivity index (χ4n) is 2.09. The lowest BCUT2D eigenvalue weighted by molar-refractivity contribution is -0.0148. The third-order valence-electron chi connectivity index (χ3n) is 3.09. The molecule has 2 N–H and O–H groups in total. The van der Waals surface area contributed by atoms with E-state index in [-0.39, 0.29) is 6.10 Å². The maximum Gasteiger partial charge on any atom is 0.0897 e. The van der Waals surface area contributed by atoms with Gasteiger partial charge >= 0.3 is 0 Å². The molecule has 0 bridgehead atoms. The molecule has 1 aliphatic carbocycles. The van der Waals surface area contributed by atoms with Gasteiger partial charge in [-0.3, -0.25) is 0 Å². The minimum atomic E-state index is -0.370. The van der Waals surface area contributed by atoms with Gasteiger partial charge in [0.15, 0.2) is 0 Å². The van der Waals surface area contributed by atoms with Crippen molar-refractivity contribution >= 4 is 0 Å². The monoisotopic (exact) mass is 229 g/mol. The van der Waals surface area contributed by atoms with Crippen LogP contribution in [0.2, 0.25) is 0 Å². The van der Waals surface area contributed by atoms with Gasteiger partial charge in [0.2, 0.25) is 0 Å². The molecule has 0 aliphatic heterocycles. The molecule has 0 saturated heterocycles. The van der Waals surface area contributed by atoms with E-state index in [1.54, 1.807) is 0 Å². The van der Waals surface area contributed by atoms with Gasteiger partial charge in [0.05, 0.1) is 18.8 Å². The molecule has 16 heavy (non-hydrogen) atoms. The van der Waals surface area contributed by atoms with Crippen molar-refractivity contribution in [3.8, 4) is 0 Å². The first kappa shape index (κ1) is 13.9. The summed E-state index contributed by atoms with van der Waals surface area (Å²) in [6.07, 6.45) is 7.61. The molecule has 1 saturated carbocycles. The summed E-state index contributed by atoms with van der Waals surface area (Å²) in [7, 11) is 0. The van der Waals surface area contributed by atoms with E-state index >= 15 is 0 Å². The number of rotatable bonds is 6. The zero-order valence-electron chi connectivity index (χ0n) is 10.7. The Morgan fingerprint density at radius 1 is 1.19 bits per heavy atom. The van der Waals surface area contributed by atoms with Crippen molar-refractivity contribution in [2.45, 2.75) is 70.6 Å². The number of ether oxygens (including phenoxy) is 1. The van der Waals surface area contributed by atoms with Gasteiger partial charge in [0, 0.05) is 12.6 Å². The highest BCUT2D eigenvalue weighted by atomic mass is 16.5. The van der Waals surface area contributed by atoms with E-state index in [0.717, 1.165) is 0 Å². The van der Waals surface area contributed by atoms with Crippen LogP contribution in [-0.2, 0) is 4.74 Å². The normalized spacial score (nSPS) is 21.0. The molecule has 1 fully saturated rings. The fraction of sp³-hybridized carbons (Fsp3) is 1.00. The van der Waals surface area contributed by atoms with Crippen molar-refractivity contribution in [2.75, 3.05) is 13.2 Å². The second kappa shape index (κ2) is 8.04. The topological polar surface area (TPSA) is 41.5 Å². The van der Waals surface area contributed by atoms with Crippen LogP contribution in [-0.4, -0.2) is 36.5 Å². The van der Waals surface area contributed by atoms with E-state index in [2.05, 4.69) is 19.2 Å². The highest BCUT2D eigenvalue weighted by Gasteiger charge is 2.14. The lowest BCUT2D eigenvalue weighted by Crippen LogP contribution is -2.35. The summed E-state index contributed by atoms with van der Waals surface area (Å²) in [5.74, 6) is 0. The second-order valence-electron chi connectivity index (χ2n) is 5.16. The summed E-state index contributed by atoms with van der Waals surface area (Å²) < 4.78 is 5.77. The molecule has 1 unspecified atom stereocenters. The Bertz CT molecular complexity index is 165. The summed E-state index contributed by atoms with van der Waals surface area (Å²) in [4.78, 5) is 0. The first-order chi connectivity index (χ1) is 7.68. The van der Waals surface area contributed by atoms with Crippen LogP contribution in [0.1, 0.15) is 52.4 Å². The molecule has 1 rings (SSSR count). The van der Waals surface area contributed by atoms with E-state index in [1.807, 2.05) is 0 Å². The van der Waals surface area contributed by atoms with Crippen LogP contribution in [0, 0.1) is 0 Å². The molecule has 3 nitrogen and oxygen atoms in total. The van der Waals surface area contributed by atoms with Crippen LogP contribution in [0.4, 0.5) is 0 Å². The lowest BCUT2D eigenvalue weighted by atomic mass is 10.1. The van der Waals surface area contributed by atoms with Gasteiger partial charge in [-0.2, -0.15) is 0 Å². The summed E-state index contributed by atoms with van der Waals surface area (Å²) in [6.45, 7) is 5.27. The van der Waals surface area contributed by atoms with Crippen LogP contribution in [0.15, 0.2) is 0 Å².